The van der Waals surface area contributed by atoms with E-state index in [2.05, 4.69) is 10.1 Å². The molecule has 0 spiro atoms. The lowest BCUT2D eigenvalue weighted by Crippen LogP contribution is -2.13. The number of halogens is 1. The van der Waals surface area contributed by atoms with E-state index in [9.17, 15) is 4.39 Å². The first-order valence-corrected chi connectivity index (χ1v) is 4.48. The number of hydrogen-bond acceptors (Lipinski definition) is 3. The number of hydrogen-bond donors (Lipinski definition) is 2. The predicted molar refractivity (Wildman–Crippen MR) is 56.0 cm³/mol. The lowest BCUT2D eigenvalue weighted by molar-refractivity contribution is 0.318. The molecule has 1 aromatic heterocycles. The fraction of sp³-hybridized carbons (Fsp3) is 0. The highest BCUT2D eigenvalue weighted by molar-refractivity contribution is 5.97. The first kappa shape index (κ1) is 10.2. The Kier molecular flexibility index (Phi) is 2.55. The van der Waals surface area contributed by atoms with E-state index >= 15 is 0 Å². The van der Waals surface area contributed by atoms with Crippen LogP contribution in [0.4, 0.5) is 4.39 Å². The molecule has 0 unspecified atom stereocenters. The molecule has 0 atom stereocenters. The molecule has 0 bridgehead atoms. The number of rotatable bonds is 2. The maximum Gasteiger partial charge on any atom is 0.170 e. The Balaban J connectivity index is 2.45. The molecule has 0 aliphatic heterocycles. The minimum absolute atomic E-state index is 0.129. The van der Waals surface area contributed by atoms with Crippen LogP contribution in [0.5, 0.6) is 0 Å². The van der Waals surface area contributed by atoms with Crippen molar-refractivity contribution in [1.82, 2.24) is 9.55 Å². The van der Waals surface area contributed by atoms with Crippen LogP contribution in [-0.2, 0) is 0 Å². The zero-order valence-corrected chi connectivity index (χ0v) is 8.21. The van der Waals surface area contributed by atoms with Gasteiger partial charge in [-0.2, -0.15) is 0 Å². The third-order valence-electron chi connectivity index (χ3n) is 2.13. The summed E-state index contributed by atoms with van der Waals surface area (Å²) in [7, 11) is 0. The van der Waals surface area contributed by atoms with Crippen molar-refractivity contribution >= 4 is 5.84 Å². The predicted octanol–water partition coefficient (Wildman–Crippen LogP) is 1.11. The summed E-state index contributed by atoms with van der Waals surface area (Å²) in [5.74, 6) is -0.599. The molecule has 0 fully saturated rings. The van der Waals surface area contributed by atoms with E-state index in [1.54, 1.807) is 18.5 Å². The van der Waals surface area contributed by atoms with Crippen molar-refractivity contribution in [3.05, 3.63) is 48.3 Å². The lowest BCUT2D eigenvalue weighted by atomic mass is 10.2. The number of benzene rings is 1. The second-order valence-corrected chi connectivity index (χ2v) is 3.12. The SMILES string of the molecule is N/C(=N\O)c1ccc(-n2ccnc2)c(F)c1. The second kappa shape index (κ2) is 4.01. The van der Waals surface area contributed by atoms with Gasteiger partial charge < -0.3 is 15.5 Å². The van der Waals surface area contributed by atoms with Gasteiger partial charge in [0.2, 0.25) is 0 Å². The van der Waals surface area contributed by atoms with Gasteiger partial charge in [0.1, 0.15) is 5.82 Å². The van der Waals surface area contributed by atoms with Gasteiger partial charge in [0.15, 0.2) is 5.84 Å². The Hall–Kier alpha value is -2.37. The Morgan fingerprint density at radius 2 is 2.31 bits per heavy atom. The number of imidazole rings is 1. The van der Waals surface area contributed by atoms with Crippen molar-refractivity contribution < 1.29 is 9.60 Å². The van der Waals surface area contributed by atoms with Crippen LogP contribution >= 0.6 is 0 Å². The summed E-state index contributed by atoms with van der Waals surface area (Å²) in [5.41, 5.74) is 6.02. The minimum atomic E-state index is -0.470. The largest absolute Gasteiger partial charge is 0.409 e. The maximum atomic E-state index is 13.7. The highest BCUT2D eigenvalue weighted by Crippen LogP contribution is 2.14. The van der Waals surface area contributed by atoms with Gasteiger partial charge in [0.25, 0.3) is 0 Å². The molecular weight excluding hydrogens is 211 g/mol. The summed E-state index contributed by atoms with van der Waals surface area (Å²) < 4.78 is 15.2. The number of nitrogens with two attached hydrogens (primary N) is 1. The summed E-state index contributed by atoms with van der Waals surface area (Å²) in [6.07, 6.45) is 4.67. The number of oxime groups is 1. The van der Waals surface area contributed by atoms with Crippen LogP contribution in [0.25, 0.3) is 5.69 Å². The van der Waals surface area contributed by atoms with E-state index in [1.165, 1.54) is 23.0 Å². The number of nitrogens with zero attached hydrogens (tertiary/aromatic N) is 3. The van der Waals surface area contributed by atoms with Gasteiger partial charge in [0, 0.05) is 18.0 Å². The topological polar surface area (TPSA) is 76.4 Å². The van der Waals surface area contributed by atoms with Gasteiger partial charge in [-0.3, -0.25) is 0 Å². The molecule has 1 heterocycles. The highest BCUT2D eigenvalue weighted by atomic mass is 19.1. The van der Waals surface area contributed by atoms with E-state index < -0.39 is 5.82 Å². The quantitative estimate of drug-likeness (QED) is 0.344. The molecule has 0 amide bonds. The van der Waals surface area contributed by atoms with E-state index in [0.717, 1.165) is 0 Å². The molecule has 5 nitrogen and oxygen atoms in total. The smallest absolute Gasteiger partial charge is 0.170 e. The van der Waals surface area contributed by atoms with E-state index in [1.807, 2.05) is 0 Å². The average Bonchev–Trinajstić information content (AvgIpc) is 2.81. The van der Waals surface area contributed by atoms with Crippen molar-refractivity contribution in [3.8, 4) is 5.69 Å². The zero-order chi connectivity index (χ0) is 11.5. The second-order valence-electron chi connectivity index (χ2n) is 3.12. The van der Waals surface area contributed by atoms with E-state index in [-0.39, 0.29) is 5.84 Å². The molecule has 6 heteroatoms. The van der Waals surface area contributed by atoms with Crippen LogP contribution in [0.1, 0.15) is 5.56 Å². The van der Waals surface area contributed by atoms with Gasteiger partial charge in [-0.25, -0.2) is 9.37 Å². The third-order valence-corrected chi connectivity index (χ3v) is 2.13. The Labute approximate surface area is 90.6 Å². The summed E-state index contributed by atoms with van der Waals surface area (Å²) >= 11 is 0. The van der Waals surface area contributed by atoms with Crippen molar-refractivity contribution in [1.29, 1.82) is 0 Å². The Bertz CT molecular complexity index is 522. The summed E-state index contributed by atoms with van der Waals surface area (Å²) in [6.45, 7) is 0. The molecule has 2 aromatic rings. The molecule has 0 radical (unpaired) electrons. The zero-order valence-electron chi connectivity index (χ0n) is 8.21. The van der Waals surface area contributed by atoms with Crippen molar-refractivity contribution in [2.24, 2.45) is 10.9 Å². The number of amidine groups is 1. The molecule has 0 aliphatic carbocycles. The van der Waals surface area contributed by atoms with Crippen molar-refractivity contribution in [2.75, 3.05) is 0 Å². The van der Waals surface area contributed by atoms with Crippen molar-refractivity contribution in [2.45, 2.75) is 0 Å². The van der Waals surface area contributed by atoms with Crippen LogP contribution in [-0.4, -0.2) is 20.6 Å². The van der Waals surface area contributed by atoms with Crippen LogP contribution in [0.3, 0.4) is 0 Å². The van der Waals surface area contributed by atoms with Gasteiger partial charge >= 0.3 is 0 Å². The van der Waals surface area contributed by atoms with E-state index in [0.29, 0.717) is 11.3 Å². The van der Waals surface area contributed by atoms with Crippen LogP contribution in [0.2, 0.25) is 0 Å². The minimum Gasteiger partial charge on any atom is -0.409 e. The molecular formula is C10H9FN4O. The summed E-state index contributed by atoms with van der Waals surface area (Å²) in [5, 5.41) is 11.3. The summed E-state index contributed by atoms with van der Waals surface area (Å²) in [6, 6.07) is 4.29. The molecule has 2 rings (SSSR count). The standard InChI is InChI=1S/C10H9FN4O/c11-8-5-7(10(12)14-16)1-2-9(8)15-4-3-13-6-15/h1-6,16H,(H2,12,14). The highest BCUT2D eigenvalue weighted by Gasteiger charge is 2.07. The van der Waals surface area contributed by atoms with E-state index in [4.69, 9.17) is 10.9 Å². The fourth-order valence-electron chi connectivity index (χ4n) is 1.33. The normalized spacial score (nSPS) is 11.7. The van der Waals surface area contributed by atoms with Crippen LogP contribution < -0.4 is 5.73 Å². The van der Waals surface area contributed by atoms with Crippen LogP contribution in [0, 0.1) is 5.82 Å². The first-order chi connectivity index (χ1) is 7.72. The molecule has 0 saturated heterocycles. The molecule has 16 heavy (non-hydrogen) atoms. The lowest BCUT2D eigenvalue weighted by Gasteiger charge is -2.05. The molecule has 0 aliphatic rings. The molecule has 0 saturated carbocycles. The Morgan fingerprint density at radius 3 is 2.88 bits per heavy atom. The van der Waals surface area contributed by atoms with Gasteiger partial charge in [-0.05, 0) is 18.2 Å². The monoisotopic (exact) mass is 220 g/mol. The first-order valence-electron chi connectivity index (χ1n) is 4.48. The Morgan fingerprint density at radius 1 is 1.50 bits per heavy atom. The average molecular weight is 220 g/mol. The van der Waals surface area contributed by atoms with Crippen molar-refractivity contribution in [3.63, 3.8) is 0 Å². The maximum absolute atomic E-state index is 13.7. The third kappa shape index (κ3) is 1.72. The number of aromatic nitrogens is 2. The molecule has 3 N–H and O–H groups in total. The summed E-state index contributed by atoms with van der Waals surface area (Å²) in [4.78, 5) is 3.82. The van der Waals surface area contributed by atoms with Gasteiger partial charge in [0.05, 0.1) is 12.0 Å². The van der Waals surface area contributed by atoms with Gasteiger partial charge in [-0.15, -0.1) is 0 Å². The fourth-order valence-corrected chi connectivity index (χ4v) is 1.33. The molecule has 1 aromatic carbocycles. The molecule has 82 valence electrons. The van der Waals surface area contributed by atoms with Crippen LogP contribution in [0.15, 0.2) is 42.1 Å². The van der Waals surface area contributed by atoms with Gasteiger partial charge in [-0.1, -0.05) is 5.16 Å².